The Morgan fingerprint density at radius 2 is 0.612 bits per heavy atom. The first kappa shape index (κ1) is 119. The van der Waals surface area contributed by atoms with E-state index in [4.69, 9.17) is 70.5 Å². The normalized spacial score (nSPS) is 36.2. The first-order chi connectivity index (χ1) is 55.5. The first-order valence-corrected chi connectivity index (χ1v) is 43.4. The highest BCUT2D eigenvalue weighted by molar-refractivity contribution is 5.85. The molecule has 6 heterocycles. The lowest BCUT2D eigenvalue weighted by Crippen LogP contribution is -2.64. The number of aliphatic hydroxyl groups excluding tert-OH is 16. The summed E-state index contributed by atoms with van der Waals surface area (Å²) in [5, 5.41) is 185. The zero-order chi connectivity index (χ0) is 95.2. The Morgan fingerprint density at radius 1 is 0.372 bits per heavy atom. The number of carbonyl (C=O) groups excluding carboxylic acids is 2. The summed E-state index contributed by atoms with van der Waals surface area (Å²) >= 11 is 0. The third kappa shape index (κ3) is 35.7. The maximum absolute atomic E-state index is 12.6. The predicted molar refractivity (Wildman–Crippen MR) is 455 cm³/mol. The van der Waals surface area contributed by atoms with E-state index in [1.165, 1.54) is 20.9 Å². The monoisotopic (exact) mass is 1750 g/mol. The summed E-state index contributed by atoms with van der Waals surface area (Å²) in [6.45, 7) is 50.5. The van der Waals surface area contributed by atoms with E-state index in [2.05, 4.69) is 113 Å². The van der Waals surface area contributed by atoms with E-state index >= 15 is 0 Å². The molecule has 0 aromatic rings. The van der Waals surface area contributed by atoms with Gasteiger partial charge in [0.05, 0.1) is 93.0 Å². The van der Waals surface area contributed by atoms with Crippen molar-refractivity contribution in [3.8, 4) is 0 Å². The molecule has 0 aromatic heterocycles. The van der Waals surface area contributed by atoms with Gasteiger partial charge < -0.3 is 153 Å². The lowest BCUT2D eigenvalue weighted by Gasteiger charge is -2.47. The van der Waals surface area contributed by atoms with E-state index in [9.17, 15) is 90.4 Å². The average Bonchev–Trinajstić information content (AvgIpc) is 0.798. The molecule has 2 amide bonds. The maximum Gasteiger partial charge on any atom is 0.335 e. The number of amides is 2. The highest BCUT2D eigenvalue weighted by Crippen LogP contribution is 2.45. The summed E-state index contributed by atoms with van der Waals surface area (Å²) in [6.07, 6.45) is -14.6. The van der Waals surface area contributed by atoms with Crippen LogP contribution in [-0.2, 0) is 52.4 Å². The summed E-state index contributed by atoms with van der Waals surface area (Å²) < 4.78 is 34.3. The number of hydrogen-bond acceptors (Lipinski definition) is 30. The van der Waals surface area contributed by atoms with Crippen LogP contribution >= 0.6 is 0 Å². The number of hydrogen-bond donors (Lipinski definition) is 24. The highest BCUT2D eigenvalue weighted by atomic mass is 16.6. The molecule has 6 saturated heterocycles. The molecule has 0 spiro atoms. The van der Waals surface area contributed by atoms with Crippen molar-refractivity contribution in [2.75, 3.05) is 53.1 Å². The molecule has 27 N–H and O–H groups in total. The molecule has 121 heavy (non-hydrogen) atoms. The predicted octanol–water partition coefficient (Wildman–Crippen LogP) is 1.64. The summed E-state index contributed by atoms with van der Waals surface area (Å²) in [6, 6.07) is -1.05. The maximum atomic E-state index is 12.6. The molecule has 6 fully saturated rings. The fourth-order valence-corrected chi connectivity index (χ4v) is 15.3. The summed E-state index contributed by atoms with van der Waals surface area (Å²) in [5.41, 5.74) is 8.44. The molecule has 35 atom stereocenters. The fraction of sp³-hybridized carbons (Fsp3) is 0.942. The van der Waals surface area contributed by atoms with E-state index in [1.807, 2.05) is 34.6 Å². The minimum atomic E-state index is -1.70. The second-order valence-corrected chi connectivity index (χ2v) is 37.9. The van der Waals surface area contributed by atoms with E-state index in [0.29, 0.717) is 85.1 Å². The van der Waals surface area contributed by atoms with Crippen LogP contribution < -0.4 is 27.8 Å². The van der Waals surface area contributed by atoms with Crippen LogP contribution in [0.3, 0.4) is 0 Å². The van der Waals surface area contributed by atoms with Gasteiger partial charge in [-0.2, -0.15) is 0 Å². The minimum Gasteiger partial charge on any atom is -0.479 e. The molecule has 29 unspecified atom stereocenters. The molecular weight excluding hydrogens is 1580 g/mol. The molecule has 720 valence electrons. The van der Waals surface area contributed by atoms with Crippen molar-refractivity contribution in [3.63, 3.8) is 0 Å². The zero-order valence-corrected chi connectivity index (χ0v) is 77.9. The van der Waals surface area contributed by atoms with Gasteiger partial charge >= 0.3 is 17.9 Å². The second-order valence-electron chi connectivity index (χ2n) is 37.9. The Kier molecular flexibility index (Phi) is 53.3. The highest BCUT2D eigenvalue weighted by Gasteiger charge is 2.55. The Hall–Kier alpha value is -3.65. The van der Waals surface area contributed by atoms with Gasteiger partial charge in [0.2, 0.25) is 0 Å². The molecule has 0 aliphatic carbocycles. The molecule has 6 rings (SSSR count). The van der Waals surface area contributed by atoms with Gasteiger partial charge in [0.1, 0.15) is 66.1 Å². The van der Waals surface area contributed by atoms with Gasteiger partial charge in [-0.25, -0.2) is 14.4 Å². The third-order valence-electron chi connectivity index (χ3n) is 25.3. The number of ether oxygens (including phenoxy) is 6. The standard InChI is InChI=1S/C19H37NO2.C15H29NO6.C15H28O3.C11H20O7.C11H22O5.C10H19NO7.C4H11N.CH5N/c1-9-13(4)15(6)17-16(7)14(5)10-19(8,22-17)18(21)20-11-12(2)3;1-8(2)6-16-14(21)15(4)5-10(18)9(3)13(22-15)12(20)11(19)7-17;1-7-9(2)11(4)13-12(5)10(3)8-15(6,18-13)14(16)17;1-5-6(13)3-11(2,10(16)17)18-9(5)8(15)7(14)4-12;1-6-7(13)4-11(2,3)16-10(6)9(15)8(14)5-12;1-10(9(16)17)2-4(13)6(11)8(18-10)7(15)5(14)3-12;1-4(2)3-5;1-2/h12-17H,9-11H2,1-8H3,(H,20,21);8-13,17-20H,5-7H2,1-4H3,(H,16,21);9-13H,7-8H2,1-6H3,(H,16,17);5-9,12-15H,3-4H2,1-2H3,(H,16,17);6-10,12-15H,4-5H2,1-3H3;4-8,12-15H,2-3,11H2,1H3,(H,16,17);4H,3,5H2,1-2H3;2H2,1H3/t13-,14?,15-,16?,17?,19?;;9-,10?,11-,12?,13?,15?;;6?,7?,8-,9-,10?;;;/m1.1.1.../s1. The van der Waals surface area contributed by atoms with E-state index in [0.717, 1.165) is 25.8 Å². The van der Waals surface area contributed by atoms with Crippen LogP contribution in [0, 0.1) is 82.9 Å². The molecule has 0 saturated carbocycles. The first-order valence-electron chi connectivity index (χ1n) is 43.4. The van der Waals surface area contributed by atoms with Gasteiger partial charge in [0.15, 0.2) is 16.8 Å². The van der Waals surface area contributed by atoms with E-state index in [-0.39, 0.29) is 55.1 Å². The Balaban J connectivity index is 0. The molecule has 35 nitrogen and oxygen atoms in total. The lowest BCUT2D eigenvalue weighted by atomic mass is 9.72. The van der Waals surface area contributed by atoms with Gasteiger partial charge in [-0.15, -0.1) is 0 Å². The number of nitrogens with one attached hydrogen (secondary N) is 2. The quantitative estimate of drug-likeness (QED) is 0.0529. The average molecular weight is 1760 g/mol. The second kappa shape index (κ2) is 54.0. The van der Waals surface area contributed by atoms with Crippen molar-refractivity contribution in [2.24, 2.45) is 100 Å². The van der Waals surface area contributed by atoms with Crippen molar-refractivity contribution in [1.82, 2.24) is 10.6 Å². The number of aliphatic carboxylic acids is 3. The number of rotatable bonds is 28. The molecule has 6 aliphatic rings. The van der Waals surface area contributed by atoms with Crippen LogP contribution in [0.25, 0.3) is 0 Å². The molecular formula is C86H171N5O30. The fourth-order valence-electron chi connectivity index (χ4n) is 15.3. The lowest BCUT2D eigenvalue weighted by molar-refractivity contribution is -0.232. The van der Waals surface area contributed by atoms with Gasteiger partial charge in [-0.3, -0.25) is 9.59 Å². The Bertz CT molecular complexity index is 2720. The van der Waals surface area contributed by atoms with E-state index in [1.54, 1.807) is 34.6 Å². The molecule has 35 heteroatoms. The third-order valence-corrected chi connectivity index (χ3v) is 25.3. The van der Waals surface area contributed by atoms with Crippen LogP contribution in [0.2, 0.25) is 0 Å². The van der Waals surface area contributed by atoms with Gasteiger partial charge in [0, 0.05) is 56.5 Å². The molecule has 6 aliphatic heterocycles. The van der Waals surface area contributed by atoms with Crippen molar-refractivity contribution < 1.29 is 149 Å². The van der Waals surface area contributed by atoms with Crippen LogP contribution in [0.4, 0.5) is 0 Å². The van der Waals surface area contributed by atoms with Gasteiger partial charge in [-0.05, 0) is 140 Å². The summed E-state index contributed by atoms with van der Waals surface area (Å²) in [5.74, 6) is 0.260. The summed E-state index contributed by atoms with van der Waals surface area (Å²) in [7, 11) is 1.50. The molecule has 0 radical (unpaired) electrons. The SMILES string of the molecule is CC(C)CN.CC(C)CNC(=O)C1(C)CC(O)C(C)C(C(O)C(O)CO)O1.CC1(C(=O)O)CC(O)C(N)C(C(O)C(O)CO)O1.CC1C(O)CC(C)(C(=O)O)OC1C(O)C(O)CO.CC1C(O)CC(C)(C)OC1[C@H](O)[C@H](O)CO.CC[C@@H](C)[C@@H](C)C1OC(C)(C(=O)NCC(C)C)CC(C)C1C.CC[C@@H](C)[C@@H](C)C1OC(C)(C(=O)O)CC(C)C1C.CN. The van der Waals surface area contributed by atoms with Crippen molar-refractivity contribution in [2.45, 2.75) is 381 Å². The van der Waals surface area contributed by atoms with E-state index < -0.39 is 193 Å². The largest absolute Gasteiger partial charge is 0.479 e. The van der Waals surface area contributed by atoms with Crippen LogP contribution in [0.5, 0.6) is 0 Å². The Morgan fingerprint density at radius 3 is 0.909 bits per heavy atom. The zero-order valence-electron chi connectivity index (χ0n) is 77.9. The number of carboxylic acid groups (broad SMARTS) is 3. The smallest absolute Gasteiger partial charge is 0.335 e. The van der Waals surface area contributed by atoms with Gasteiger partial charge in [0.25, 0.3) is 11.8 Å². The van der Waals surface area contributed by atoms with Crippen molar-refractivity contribution in [3.05, 3.63) is 0 Å². The number of aliphatic hydroxyl groups is 16. The topological polar surface area (TPSA) is 627 Å². The summed E-state index contributed by atoms with van der Waals surface area (Å²) in [4.78, 5) is 58.6. The van der Waals surface area contributed by atoms with Crippen molar-refractivity contribution in [1.29, 1.82) is 0 Å². The van der Waals surface area contributed by atoms with Crippen LogP contribution in [-0.4, -0.2) is 329 Å². The van der Waals surface area contributed by atoms with Crippen LogP contribution in [0.1, 0.15) is 231 Å². The number of carbonyl (C=O) groups is 5. The number of carboxylic acids is 3. The number of nitrogens with two attached hydrogens (primary N) is 3. The van der Waals surface area contributed by atoms with Gasteiger partial charge in [-0.1, -0.05) is 144 Å². The van der Waals surface area contributed by atoms with Crippen molar-refractivity contribution >= 4 is 29.7 Å². The minimum absolute atomic E-state index is 0.0461. The molecule has 0 aromatic carbocycles. The molecule has 0 bridgehead atoms. The Labute approximate surface area is 720 Å². The van der Waals surface area contributed by atoms with Crippen LogP contribution in [0.15, 0.2) is 0 Å².